The van der Waals surface area contributed by atoms with E-state index in [9.17, 15) is 0 Å². The number of rotatable bonds is 3. The lowest BCUT2D eigenvalue weighted by Crippen LogP contribution is -2.36. The van der Waals surface area contributed by atoms with Crippen LogP contribution in [0.3, 0.4) is 0 Å². The monoisotopic (exact) mass is 268 g/mol. The second kappa shape index (κ2) is 6.27. The van der Waals surface area contributed by atoms with Gasteiger partial charge in [-0.3, -0.25) is 0 Å². The predicted molar refractivity (Wildman–Crippen MR) is 87.5 cm³/mol. The summed E-state index contributed by atoms with van der Waals surface area (Å²) in [5.74, 6) is 0. The molecule has 1 atom stereocenters. The van der Waals surface area contributed by atoms with Gasteiger partial charge in [0.05, 0.1) is 0 Å². The first-order valence-corrected chi connectivity index (χ1v) is 7.85. The maximum atomic E-state index is 3.52. The van der Waals surface area contributed by atoms with Crippen molar-refractivity contribution in [3.8, 4) is 0 Å². The summed E-state index contributed by atoms with van der Waals surface area (Å²) in [5.41, 5.74) is 1.40. The minimum atomic E-state index is 0.667. The average Bonchev–Trinajstić information content (AvgIpc) is 2.78. The number of hydrogen-bond donors (Lipinski definition) is 1. The van der Waals surface area contributed by atoms with Gasteiger partial charge in [-0.15, -0.1) is 0 Å². The predicted octanol–water partition coefficient (Wildman–Crippen LogP) is 3.81. The Labute approximate surface area is 121 Å². The summed E-state index contributed by atoms with van der Waals surface area (Å²) >= 11 is 0. The summed E-state index contributed by atoms with van der Waals surface area (Å²) in [5, 5.41) is 6.24. The highest BCUT2D eigenvalue weighted by Crippen LogP contribution is 2.30. The maximum Gasteiger partial charge on any atom is 0.0448 e. The van der Waals surface area contributed by atoms with Crippen molar-refractivity contribution < 1.29 is 0 Å². The van der Waals surface area contributed by atoms with Crippen molar-refractivity contribution in [2.24, 2.45) is 0 Å². The molecular weight excluding hydrogens is 244 g/mol. The molecule has 1 N–H and O–H groups in total. The van der Waals surface area contributed by atoms with Crippen LogP contribution >= 0.6 is 0 Å². The molecule has 1 fully saturated rings. The molecule has 106 valence electrons. The molecule has 2 aromatic carbocycles. The van der Waals surface area contributed by atoms with Gasteiger partial charge in [-0.1, -0.05) is 36.4 Å². The maximum absolute atomic E-state index is 3.52. The Hall–Kier alpha value is -1.54. The minimum Gasteiger partial charge on any atom is -0.368 e. The molecule has 0 bridgehead atoms. The third-order valence-electron chi connectivity index (χ3n) is 4.40. The Morgan fingerprint density at radius 2 is 1.90 bits per heavy atom. The first kappa shape index (κ1) is 13.4. The Morgan fingerprint density at radius 3 is 2.80 bits per heavy atom. The van der Waals surface area contributed by atoms with Crippen molar-refractivity contribution in [1.82, 2.24) is 5.32 Å². The third-order valence-corrected chi connectivity index (χ3v) is 4.40. The molecule has 0 saturated carbocycles. The standard InChI is InChI=1S/C18H24N2/c1-2-20(16-9-6-13-19-14-12-16)18-11-5-8-15-7-3-4-10-17(15)18/h3-5,7-8,10-11,16,19H,2,6,9,12-14H2,1H3. The van der Waals surface area contributed by atoms with E-state index in [1.165, 1.54) is 42.3 Å². The minimum absolute atomic E-state index is 0.667. The fourth-order valence-electron chi connectivity index (χ4n) is 3.40. The van der Waals surface area contributed by atoms with Gasteiger partial charge >= 0.3 is 0 Å². The second-order valence-electron chi connectivity index (χ2n) is 5.62. The lowest BCUT2D eigenvalue weighted by atomic mass is 10.0. The number of benzene rings is 2. The average molecular weight is 268 g/mol. The number of nitrogens with one attached hydrogen (secondary N) is 1. The van der Waals surface area contributed by atoms with Crippen molar-refractivity contribution >= 4 is 16.5 Å². The molecule has 20 heavy (non-hydrogen) atoms. The number of fused-ring (bicyclic) bond motifs is 1. The second-order valence-corrected chi connectivity index (χ2v) is 5.62. The molecule has 0 amide bonds. The van der Waals surface area contributed by atoms with Crippen molar-refractivity contribution in [1.29, 1.82) is 0 Å². The number of hydrogen-bond acceptors (Lipinski definition) is 2. The Morgan fingerprint density at radius 1 is 1.05 bits per heavy atom. The van der Waals surface area contributed by atoms with Crippen molar-refractivity contribution in [3.05, 3.63) is 42.5 Å². The van der Waals surface area contributed by atoms with E-state index in [-0.39, 0.29) is 0 Å². The van der Waals surface area contributed by atoms with Gasteiger partial charge in [0.25, 0.3) is 0 Å². The van der Waals surface area contributed by atoms with Gasteiger partial charge in [0.1, 0.15) is 0 Å². The van der Waals surface area contributed by atoms with Gasteiger partial charge in [-0.25, -0.2) is 0 Å². The molecule has 0 aliphatic carbocycles. The summed E-state index contributed by atoms with van der Waals surface area (Å²) in [6.07, 6.45) is 3.83. The summed E-state index contributed by atoms with van der Waals surface area (Å²) in [4.78, 5) is 2.61. The van der Waals surface area contributed by atoms with Crippen molar-refractivity contribution in [2.45, 2.75) is 32.2 Å². The zero-order chi connectivity index (χ0) is 13.8. The Bertz CT molecular complexity index is 551. The first-order valence-electron chi connectivity index (χ1n) is 7.85. The molecule has 1 aliphatic rings. The number of nitrogens with zero attached hydrogens (tertiary/aromatic N) is 1. The highest BCUT2D eigenvalue weighted by atomic mass is 15.2. The van der Waals surface area contributed by atoms with E-state index in [4.69, 9.17) is 0 Å². The highest BCUT2D eigenvalue weighted by molar-refractivity contribution is 5.94. The molecule has 1 unspecified atom stereocenters. The molecule has 2 heteroatoms. The van der Waals surface area contributed by atoms with Gasteiger partial charge in [0, 0.05) is 23.7 Å². The SMILES string of the molecule is CCN(c1cccc2ccccc12)C1CCCNCC1. The van der Waals surface area contributed by atoms with Crippen LogP contribution in [0.15, 0.2) is 42.5 Å². The molecule has 2 nitrogen and oxygen atoms in total. The summed E-state index contributed by atoms with van der Waals surface area (Å²) in [6, 6.07) is 16.1. The molecule has 0 aromatic heterocycles. The van der Waals surface area contributed by atoms with Gasteiger partial charge in [0.15, 0.2) is 0 Å². The van der Waals surface area contributed by atoms with Crippen LogP contribution in [0, 0.1) is 0 Å². The third kappa shape index (κ3) is 2.66. The van der Waals surface area contributed by atoms with Crippen molar-refractivity contribution in [3.63, 3.8) is 0 Å². The molecule has 1 heterocycles. The van der Waals surface area contributed by atoms with Gasteiger partial charge < -0.3 is 10.2 Å². The largest absolute Gasteiger partial charge is 0.368 e. The van der Waals surface area contributed by atoms with Crippen LogP contribution in [0.1, 0.15) is 26.2 Å². The first-order chi connectivity index (χ1) is 9.90. The molecular formula is C18H24N2. The lowest BCUT2D eigenvalue weighted by Gasteiger charge is -2.33. The molecule has 3 rings (SSSR count). The molecule has 1 saturated heterocycles. The van der Waals surface area contributed by atoms with E-state index < -0.39 is 0 Å². The smallest absolute Gasteiger partial charge is 0.0448 e. The van der Waals surface area contributed by atoms with Crippen LogP contribution in [-0.2, 0) is 0 Å². The number of anilines is 1. The van der Waals surface area contributed by atoms with Gasteiger partial charge in [-0.2, -0.15) is 0 Å². The van der Waals surface area contributed by atoms with Gasteiger partial charge in [0.2, 0.25) is 0 Å². The fourth-order valence-corrected chi connectivity index (χ4v) is 3.40. The van der Waals surface area contributed by atoms with E-state index in [1.807, 2.05) is 0 Å². The van der Waals surface area contributed by atoms with Crippen molar-refractivity contribution in [2.75, 3.05) is 24.5 Å². The normalized spacial score (nSPS) is 19.8. The van der Waals surface area contributed by atoms with Crippen LogP contribution in [0.5, 0.6) is 0 Å². The van der Waals surface area contributed by atoms with E-state index in [2.05, 4.69) is 59.6 Å². The zero-order valence-corrected chi connectivity index (χ0v) is 12.3. The van der Waals surface area contributed by atoms with Crippen LogP contribution < -0.4 is 10.2 Å². The van der Waals surface area contributed by atoms with Crippen LogP contribution in [0.4, 0.5) is 5.69 Å². The lowest BCUT2D eigenvalue weighted by molar-refractivity contribution is 0.546. The summed E-state index contributed by atoms with van der Waals surface area (Å²) < 4.78 is 0. The van der Waals surface area contributed by atoms with E-state index >= 15 is 0 Å². The fraction of sp³-hybridized carbons (Fsp3) is 0.444. The van der Waals surface area contributed by atoms with E-state index in [0.717, 1.165) is 13.1 Å². The molecule has 2 aromatic rings. The van der Waals surface area contributed by atoms with Crippen LogP contribution in [-0.4, -0.2) is 25.7 Å². The van der Waals surface area contributed by atoms with E-state index in [0.29, 0.717) is 6.04 Å². The topological polar surface area (TPSA) is 15.3 Å². The molecule has 0 radical (unpaired) electrons. The Kier molecular flexibility index (Phi) is 4.22. The van der Waals surface area contributed by atoms with Crippen LogP contribution in [0.2, 0.25) is 0 Å². The quantitative estimate of drug-likeness (QED) is 0.910. The van der Waals surface area contributed by atoms with E-state index in [1.54, 1.807) is 0 Å². The summed E-state index contributed by atoms with van der Waals surface area (Å²) in [7, 11) is 0. The molecule has 0 spiro atoms. The molecule has 1 aliphatic heterocycles. The van der Waals surface area contributed by atoms with Gasteiger partial charge in [-0.05, 0) is 50.7 Å². The highest BCUT2D eigenvalue weighted by Gasteiger charge is 2.20. The van der Waals surface area contributed by atoms with Crippen LogP contribution in [0.25, 0.3) is 10.8 Å². The zero-order valence-electron chi connectivity index (χ0n) is 12.3. The summed E-state index contributed by atoms with van der Waals surface area (Å²) in [6.45, 7) is 5.67. The Balaban J connectivity index is 1.98.